The first-order chi connectivity index (χ1) is 18.8. The molecule has 12 nitrogen and oxygen atoms in total. The van der Waals surface area contributed by atoms with Crippen molar-refractivity contribution in [2.24, 2.45) is 11.7 Å². The van der Waals surface area contributed by atoms with Crippen LogP contribution in [-0.4, -0.2) is 73.6 Å². The normalized spacial score (nSPS) is 21.0. The fourth-order valence-corrected chi connectivity index (χ4v) is 4.39. The first kappa shape index (κ1) is 26.1. The van der Waals surface area contributed by atoms with E-state index in [0.717, 1.165) is 18.4 Å². The number of ether oxygens (including phenoxy) is 3. The van der Waals surface area contributed by atoms with Gasteiger partial charge in [-0.1, -0.05) is 12.1 Å². The number of amides is 5. The van der Waals surface area contributed by atoms with E-state index in [-0.39, 0.29) is 43.6 Å². The van der Waals surface area contributed by atoms with Crippen molar-refractivity contribution in [1.29, 1.82) is 0 Å². The molecule has 5 N–H and O–H groups in total. The maximum absolute atomic E-state index is 13.4. The molecule has 4 bridgehead atoms. The van der Waals surface area contributed by atoms with Crippen LogP contribution in [0.15, 0.2) is 42.5 Å². The van der Waals surface area contributed by atoms with Gasteiger partial charge in [0, 0.05) is 24.7 Å². The van der Waals surface area contributed by atoms with Crippen LogP contribution in [0.5, 0.6) is 17.2 Å². The quantitative estimate of drug-likeness (QED) is 0.433. The van der Waals surface area contributed by atoms with Crippen molar-refractivity contribution in [3.8, 4) is 17.2 Å². The molecule has 3 heterocycles. The lowest BCUT2D eigenvalue weighted by Crippen LogP contribution is -2.45. The molecular formula is C27H31N5O7. The van der Waals surface area contributed by atoms with Gasteiger partial charge in [-0.3, -0.25) is 14.4 Å². The molecule has 0 aromatic heterocycles. The molecule has 206 valence electrons. The van der Waals surface area contributed by atoms with Gasteiger partial charge in [-0.25, -0.2) is 4.79 Å². The van der Waals surface area contributed by atoms with Crippen LogP contribution in [-0.2, 0) is 16.1 Å². The van der Waals surface area contributed by atoms with Crippen molar-refractivity contribution in [2.75, 3.05) is 32.8 Å². The van der Waals surface area contributed by atoms with E-state index in [0.29, 0.717) is 36.3 Å². The molecule has 0 unspecified atom stereocenters. The lowest BCUT2D eigenvalue weighted by molar-refractivity contribution is -0.129. The van der Waals surface area contributed by atoms with Gasteiger partial charge < -0.3 is 40.8 Å². The number of fused-ring (bicyclic) bond motifs is 7. The smallest absolute Gasteiger partial charge is 0.312 e. The SMILES string of the molecule is NC(=O)NCC(=O)N1C[C@@H]2NC(=O)c3cc(cc(OCC4CC4)c3)OCC(=O)NCc3ccc(cc3)O[C@H]2C1. The number of carbonyl (C=O) groups excluding carboxylic acids is 4. The average molecular weight is 538 g/mol. The van der Waals surface area contributed by atoms with E-state index in [9.17, 15) is 19.2 Å². The van der Waals surface area contributed by atoms with E-state index in [1.165, 1.54) is 4.90 Å². The van der Waals surface area contributed by atoms with Crippen LogP contribution in [0.3, 0.4) is 0 Å². The summed E-state index contributed by atoms with van der Waals surface area (Å²) >= 11 is 0. The van der Waals surface area contributed by atoms with Gasteiger partial charge in [-0.2, -0.15) is 0 Å². The topological polar surface area (TPSA) is 161 Å². The van der Waals surface area contributed by atoms with Gasteiger partial charge in [-0.15, -0.1) is 0 Å². The van der Waals surface area contributed by atoms with Gasteiger partial charge in [0.2, 0.25) is 5.91 Å². The highest BCUT2D eigenvalue weighted by Crippen LogP contribution is 2.31. The molecule has 1 saturated carbocycles. The van der Waals surface area contributed by atoms with Crippen molar-refractivity contribution < 1.29 is 33.4 Å². The van der Waals surface area contributed by atoms with E-state index in [1.54, 1.807) is 30.3 Å². The molecule has 2 fully saturated rings. The average Bonchev–Trinajstić information content (AvgIpc) is 3.68. The first-order valence-corrected chi connectivity index (χ1v) is 12.9. The molecule has 2 atom stereocenters. The highest BCUT2D eigenvalue weighted by atomic mass is 16.5. The summed E-state index contributed by atoms with van der Waals surface area (Å²) in [6, 6.07) is 10.7. The Hall–Kier alpha value is -4.48. The fourth-order valence-electron chi connectivity index (χ4n) is 4.39. The van der Waals surface area contributed by atoms with Crippen LogP contribution in [0.25, 0.3) is 0 Å². The molecule has 1 aliphatic carbocycles. The second-order valence-electron chi connectivity index (χ2n) is 9.91. The number of carbonyl (C=O) groups is 4. The molecule has 4 aliphatic rings. The Morgan fingerprint density at radius 1 is 1.08 bits per heavy atom. The zero-order valence-corrected chi connectivity index (χ0v) is 21.3. The number of nitrogens with zero attached hydrogens (tertiary/aromatic N) is 1. The van der Waals surface area contributed by atoms with E-state index < -0.39 is 24.1 Å². The summed E-state index contributed by atoms with van der Waals surface area (Å²) in [5.41, 5.74) is 6.25. The second-order valence-corrected chi connectivity index (χ2v) is 9.91. The molecule has 5 amide bonds. The molecule has 0 spiro atoms. The predicted molar refractivity (Wildman–Crippen MR) is 138 cm³/mol. The van der Waals surface area contributed by atoms with Gasteiger partial charge in [0.15, 0.2) is 6.61 Å². The van der Waals surface area contributed by atoms with E-state index >= 15 is 0 Å². The van der Waals surface area contributed by atoms with Gasteiger partial charge >= 0.3 is 6.03 Å². The van der Waals surface area contributed by atoms with Crippen LogP contribution in [0, 0.1) is 5.92 Å². The van der Waals surface area contributed by atoms with Crippen LogP contribution in [0.4, 0.5) is 4.79 Å². The van der Waals surface area contributed by atoms with Gasteiger partial charge in [0.05, 0.1) is 25.7 Å². The zero-order chi connectivity index (χ0) is 27.4. The molecule has 2 aromatic rings. The summed E-state index contributed by atoms with van der Waals surface area (Å²) in [6.45, 7) is 0.727. The number of nitrogens with one attached hydrogen (secondary N) is 3. The van der Waals surface area contributed by atoms with E-state index in [2.05, 4.69) is 16.0 Å². The molecule has 3 aliphatic heterocycles. The minimum Gasteiger partial charge on any atom is -0.493 e. The van der Waals surface area contributed by atoms with Gasteiger partial charge in [0.1, 0.15) is 23.4 Å². The highest BCUT2D eigenvalue weighted by Gasteiger charge is 2.38. The third-order valence-electron chi connectivity index (χ3n) is 6.74. The summed E-state index contributed by atoms with van der Waals surface area (Å²) in [5, 5.41) is 8.09. The molecule has 39 heavy (non-hydrogen) atoms. The third-order valence-corrected chi connectivity index (χ3v) is 6.74. The molecular weight excluding hydrogens is 506 g/mol. The first-order valence-electron chi connectivity index (χ1n) is 12.9. The lowest BCUT2D eigenvalue weighted by Gasteiger charge is -2.21. The Balaban J connectivity index is 1.40. The molecule has 2 aromatic carbocycles. The Morgan fingerprint density at radius 2 is 1.87 bits per heavy atom. The number of nitrogens with two attached hydrogens (primary N) is 1. The minimum atomic E-state index is -0.800. The van der Waals surface area contributed by atoms with Crippen molar-refractivity contribution in [3.05, 3.63) is 53.6 Å². The fraction of sp³-hybridized carbons (Fsp3) is 0.407. The standard InChI is InChI=1S/C27H31N5O7/c28-27(36)30-11-25(34)32-12-22-23(13-32)39-19-5-3-16(4-6-19)10-29-24(33)15-38-21-8-18(26(35)31-22)7-20(9-21)37-14-17-1-2-17/h3-9,17,22-23H,1-2,10-15H2,(H,29,33)(H,31,35)(H3,28,30,36)/t22-,23-/m0/s1. The number of likely N-dealkylation sites (tertiary alicyclic amines) is 1. The van der Waals surface area contributed by atoms with Crippen molar-refractivity contribution in [3.63, 3.8) is 0 Å². The number of primary amides is 1. The number of hydrogen-bond acceptors (Lipinski definition) is 7. The molecule has 1 saturated heterocycles. The van der Waals surface area contributed by atoms with Crippen molar-refractivity contribution in [2.45, 2.75) is 31.5 Å². The minimum absolute atomic E-state index is 0.174. The largest absolute Gasteiger partial charge is 0.493 e. The monoisotopic (exact) mass is 537 g/mol. The number of urea groups is 1. The lowest BCUT2D eigenvalue weighted by atomic mass is 10.1. The van der Waals surface area contributed by atoms with Gasteiger partial charge in [0.25, 0.3) is 11.8 Å². The van der Waals surface area contributed by atoms with Crippen LogP contribution in [0.2, 0.25) is 0 Å². The van der Waals surface area contributed by atoms with Crippen LogP contribution in [0.1, 0.15) is 28.8 Å². The summed E-state index contributed by atoms with van der Waals surface area (Å²) in [7, 11) is 0. The molecule has 12 heteroatoms. The summed E-state index contributed by atoms with van der Waals surface area (Å²) < 4.78 is 17.8. The molecule has 6 rings (SSSR count). The second kappa shape index (κ2) is 11.5. The van der Waals surface area contributed by atoms with Crippen molar-refractivity contribution in [1.82, 2.24) is 20.9 Å². The van der Waals surface area contributed by atoms with Crippen molar-refractivity contribution >= 4 is 23.8 Å². The Morgan fingerprint density at radius 3 is 2.62 bits per heavy atom. The number of hydrogen-bond donors (Lipinski definition) is 4. The maximum atomic E-state index is 13.4. The van der Waals surface area contributed by atoms with E-state index in [1.807, 2.05) is 12.1 Å². The number of benzene rings is 2. The number of rotatable bonds is 5. The Bertz CT molecular complexity index is 1250. The van der Waals surface area contributed by atoms with Crippen LogP contribution >= 0.6 is 0 Å². The summed E-state index contributed by atoms with van der Waals surface area (Å²) in [6.07, 6.45) is 1.66. The highest BCUT2D eigenvalue weighted by molar-refractivity contribution is 5.95. The third kappa shape index (κ3) is 7.09. The Kier molecular flexibility index (Phi) is 7.71. The van der Waals surface area contributed by atoms with E-state index in [4.69, 9.17) is 19.9 Å². The Labute approximate surface area is 225 Å². The van der Waals surface area contributed by atoms with Gasteiger partial charge in [-0.05, 0) is 48.6 Å². The van der Waals surface area contributed by atoms with Crippen LogP contribution < -0.4 is 35.9 Å². The zero-order valence-electron chi connectivity index (χ0n) is 21.3. The summed E-state index contributed by atoms with van der Waals surface area (Å²) in [5.74, 6) is 0.773. The maximum Gasteiger partial charge on any atom is 0.312 e. The summed E-state index contributed by atoms with van der Waals surface area (Å²) in [4.78, 5) is 51.0. The predicted octanol–water partition coefficient (Wildman–Crippen LogP) is 0.541. The molecule has 0 radical (unpaired) electrons.